The zero-order valence-electron chi connectivity index (χ0n) is 11.9. The molecule has 0 saturated carbocycles. The van der Waals surface area contributed by atoms with E-state index in [2.05, 4.69) is 38.0 Å². The lowest BCUT2D eigenvalue weighted by Crippen LogP contribution is -2.32. The lowest BCUT2D eigenvalue weighted by Gasteiger charge is -2.20. The highest BCUT2D eigenvalue weighted by molar-refractivity contribution is 6.78. The van der Waals surface area contributed by atoms with E-state index in [0.29, 0.717) is 6.61 Å². The molecule has 0 aromatic heterocycles. The molecule has 0 aromatic rings. The fourth-order valence-corrected chi connectivity index (χ4v) is 5.94. The van der Waals surface area contributed by atoms with Crippen molar-refractivity contribution in [1.29, 1.82) is 0 Å². The Balaban J connectivity index is 3.98. The highest BCUT2D eigenvalue weighted by Gasteiger charge is 2.18. The molecule has 0 aliphatic carbocycles. The molecule has 1 unspecified atom stereocenters. The second-order valence-corrected chi connectivity index (χ2v) is 11.7. The highest BCUT2D eigenvalue weighted by atomic mass is 28.4. The molecule has 0 aliphatic heterocycles. The topological polar surface area (TPSA) is 35.5 Å². The van der Waals surface area contributed by atoms with Gasteiger partial charge in [-0.2, -0.15) is 0 Å². The van der Waals surface area contributed by atoms with E-state index in [1.165, 1.54) is 0 Å². The van der Waals surface area contributed by atoms with Gasteiger partial charge in [0, 0.05) is 0 Å². The first kappa shape index (κ1) is 16.6. The van der Waals surface area contributed by atoms with E-state index in [0.717, 1.165) is 6.42 Å². The summed E-state index contributed by atoms with van der Waals surface area (Å²) in [5.41, 5.74) is 2.12. The van der Waals surface area contributed by atoms with Crippen molar-refractivity contribution in [2.24, 2.45) is 5.92 Å². The number of allylic oxidation sites excluding steroid dienone is 1. The lowest BCUT2D eigenvalue weighted by atomic mass is 10.1. The minimum absolute atomic E-state index is 0.0621. The first-order valence-corrected chi connectivity index (χ1v) is 11.5. The number of hydrogen-bond donors (Lipinski definition) is 0. The molecule has 99 valence electrons. The largest absolute Gasteiger partial charge is 0.466 e. The zero-order chi connectivity index (χ0) is 13.5. The van der Waals surface area contributed by atoms with E-state index < -0.39 is 17.4 Å². The predicted octanol–water partition coefficient (Wildman–Crippen LogP) is 3.14. The van der Waals surface area contributed by atoms with Gasteiger partial charge in [0.2, 0.25) is 9.04 Å². The molecule has 3 nitrogen and oxygen atoms in total. The van der Waals surface area contributed by atoms with Crippen LogP contribution >= 0.6 is 0 Å². The normalized spacial score (nSPS) is 14.3. The third-order valence-corrected chi connectivity index (χ3v) is 6.44. The molecular formula is C12H25O3Si2. The molecule has 5 heteroatoms. The van der Waals surface area contributed by atoms with Crippen molar-refractivity contribution in [2.45, 2.75) is 46.5 Å². The highest BCUT2D eigenvalue weighted by Crippen LogP contribution is 2.08. The maximum absolute atomic E-state index is 11.4. The van der Waals surface area contributed by atoms with Crippen LogP contribution in [0.5, 0.6) is 0 Å². The van der Waals surface area contributed by atoms with Crippen LogP contribution in [0.15, 0.2) is 11.8 Å². The van der Waals surface area contributed by atoms with Crippen LogP contribution in [0.25, 0.3) is 0 Å². The molecule has 0 saturated heterocycles. The van der Waals surface area contributed by atoms with Gasteiger partial charge in [0.1, 0.15) is 0 Å². The van der Waals surface area contributed by atoms with Crippen molar-refractivity contribution in [3.63, 3.8) is 0 Å². The van der Waals surface area contributed by atoms with Gasteiger partial charge < -0.3 is 8.85 Å². The van der Waals surface area contributed by atoms with Crippen LogP contribution in [0.1, 0.15) is 20.3 Å². The molecule has 1 radical (unpaired) electrons. The van der Waals surface area contributed by atoms with E-state index in [1.54, 1.807) is 0 Å². The minimum Gasteiger partial charge on any atom is -0.466 e. The summed E-state index contributed by atoms with van der Waals surface area (Å²) in [7, 11) is -2.28. The quantitative estimate of drug-likeness (QED) is 0.528. The van der Waals surface area contributed by atoms with Crippen LogP contribution in [0, 0.1) is 5.92 Å². The summed E-state index contributed by atoms with van der Waals surface area (Å²) in [6, 6.07) is 0. The SMILES string of the molecule is CCOC(=O)C(C)C/C=C/[Si](C)O[Si](C)(C)C. The van der Waals surface area contributed by atoms with Crippen LogP contribution in [0.3, 0.4) is 0 Å². The number of carbonyl (C=O) groups is 1. The van der Waals surface area contributed by atoms with Crippen molar-refractivity contribution in [3.8, 4) is 0 Å². The van der Waals surface area contributed by atoms with Gasteiger partial charge in [0.05, 0.1) is 12.5 Å². The fraction of sp³-hybridized carbons (Fsp3) is 0.750. The summed E-state index contributed by atoms with van der Waals surface area (Å²) in [6.45, 7) is 12.9. The van der Waals surface area contributed by atoms with Crippen molar-refractivity contribution in [2.75, 3.05) is 6.61 Å². The third-order valence-electron chi connectivity index (χ3n) is 2.00. The number of esters is 1. The Labute approximate surface area is 108 Å². The van der Waals surface area contributed by atoms with E-state index in [4.69, 9.17) is 8.85 Å². The van der Waals surface area contributed by atoms with Gasteiger partial charge in [-0.05, 0) is 39.5 Å². The third kappa shape index (κ3) is 9.32. The average Bonchev–Trinajstić information content (AvgIpc) is 2.14. The minimum atomic E-state index is -1.43. The number of ether oxygens (including phenoxy) is 1. The molecule has 17 heavy (non-hydrogen) atoms. The summed E-state index contributed by atoms with van der Waals surface area (Å²) in [5, 5.41) is 0. The van der Waals surface area contributed by atoms with Gasteiger partial charge in [0.15, 0.2) is 8.32 Å². The van der Waals surface area contributed by atoms with Gasteiger partial charge in [-0.3, -0.25) is 4.79 Å². The Bertz CT molecular complexity index is 259. The maximum atomic E-state index is 11.4. The Morgan fingerprint density at radius 2 is 2.00 bits per heavy atom. The van der Waals surface area contributed by atoms with Crippen LogP contribution in [-0.4, -0.2) is 29.9 Å². The van der Waals surface area contributed by atoms with Crippen molar-refractivity contribution >= 4 is 23.3 Å². The molecule has 0 fully saturated rings. The van der Waals surface area contributed by atoms with Gasteiger partial charge in [-0.25, -0.2) is 0 Å². The summed E-state index contributed by atoms with van der Waals surface area (Å²) in [4.78, 5) is 11.4. The molecule has 0 rings (SSSR count). The van der Waals surface area contributed by atoms with E-state index in [-0.39, 0.29) is 11.9 Å². The molecule has 0 bridgehead atoms. The van der Waals surface area contributed by atoms with E-state index in [9.17, 15) is 4.79 Å². The summed E-state index contributed by atoms with van der Waals surface area (Å²) in [6.07, 6.45) is 2.78. The second kappa shape index (κ2) is 7.84. The smallest absolute Gasteiger partial charge is 0.308 e. The molecule has 0 amide bonds. The van der Waals surface area contributed by atoms with Crippen LogP contribution in [0.4, 0.5) is 0 Å². The Kier molecular flexibility index (Phi) is 7.66. The Morgan fingerprint density at radius 3 is 2.47 bits per heavy atom. The van der Waals surface area contributed by atoms with Crippen molar-refractivity contribution in [3.05, 3.63) is 11.8 Å². The standard InChI is InChI=1S/C12H25O3Si2/c1-7-14-12(13)11(2)9-8-10-16(3)15-17(4,5)6/h8,10-11H,7,9H2,1-6H3/b10-8+. The lowest BCUT2D eigenvalue weighted by molar-refractivity contribution is -0.147. The molecule has 0 aromatic carbocycles. The van der Waals surface area contributed by atoms with Crippen molar-refractivity contribution in [1.82, 2.24) is 0 Å². The van der Waals surface area contributed by atoms with E-state index >= 15 is 0 Å². The Morgan fingerprint density at radius 1 is 1.41 bits per heavy atom. The summed E-state index contributed by atoms with van der Waals surface area (Å²) >= 11 is 0. The van der Waals surface area contributed by atoms with Crippen molar-refractivity contribution < 1.29 is 13.6 Å². The number of carbonyl (C=O) groups excluding carboxylic acids is 1. The molecular weight excluding hydrogens is 248 g/mol. The summed E-state index contributed by atoms with van der Waals surface area (Å²) < 4.78 is 10.9. The zero-order valence-corrected chi connectivity index (χ0v) is 13.9. The van der Waals surface area contributed by atoms with Gasteiger partial charge in [-0.1, -0.05) is 18.7 Å². The molecule has 0 spiro atoms. The molecule has 1 atom stereocenters. The fourth-order valence-electron chi connectivity index (χ4n) is 1.34. The van der Waals surface area contributed by atoms with Crippen LogP contribution < -0.4 is 0 Å². The van der Waals surface area contributed by atoms with Gasteiger partial charge >= 0.3 is 5.97 Å². The molecule has 0 aliphatic rings. The average molecular weight is 274 g/mol. The van der Waals surface area contributed by atoms with Gasteiger partial charge in [0.25, 0.3) is 0 Å². The van der Waals surface area contributed by atoms with Crippen LogP contribution in [-0.2, 0) is 13.6 Å². The number of hydrogen-bond acceptors (Lipinski definition) is 3. The maximum Gasteiger partial charge on any atom is 0.308 e. The first-order valence-electron chi connectivity index (χ1n) is 6.12. The monoisotopic (exact) mass is 273 g/mol. The first-order chi connectivity index (χ1) is 7.76. The number of rotatable bonds is 7. The van der Waals surface area contributed by atoms with Crippen LogP contribution in [0.2, 0.25) is 26.2 Å². The van der Waals surface area contributed by atoms with Gasteiger partial charge in [-0.15, -0.1) is 0 Å². The second-order valence-electron chi connectivity index (χ2n) is 5.12. The Hall–Kier alpha value is -0.396. The predicted molar refractivity (Wildman–Crippen MR) is 75.6 cm³/mol. The molecule has 0 N–H and O–H groups in total. The van der Waals surface area contributed by atoms with E-state index in [1.807, 2.05) is 13.8 Å². The molecule has 0 heterocycles. The summed E-state index contributed by atoms with van der Waals surface area (Å²) in [5.74, 6) is -0.180.